The van der Waals surface area contributed by atoms with Crippen molar-refractivity contribution in [3.63, 3.8) is 0 Å². The molecule has 1 aromatic rings. The second-order valence-corrected chi connectivity index (χ2v) is 10.3. The maximum Gasteiger partial charge on any atom is 0.416 e. The van der Waals surface area contributed by atoms with Gasteiger partial charge in [-0.15, -0.1) is 12.4 Å². The van der Waals surface area contributed by atoms with Gasteiger partial charge >= 0.3 is 6.18 Å². The molecule has 0 aromatic heterocycles. The second-order valence-electron chi connectivity index (χ2n) is 10.3. The average molecular weight is 492 g/mol. The number of benzene rings is 1. The molecule has 0 aliphatic carbocycles. The largest absolute Gasteiger partial charge is 0.416 e. The SMILES string of the molecule is CCCCCCCCCCCCCCCCC(Cc1cccc(C(F)(F)F)c1)C(C)(C)N.Cl. The van der Waals surface area contributed by atoms with Crippen LogP contribution in [0.1, 0.15) is 128 Å². The fourth-order valence-electron chi connectivity index (χ4n) is 4.48. The van der Waals surface area contributed by atoms with Crippen LogP contribution >= 0.6 is 12.4 Å². The van der Waals surface area contributed by atoms with Crippen molar-refractivity contribution in [2.75, 3.05) is 0 Å². The van der Waals surface area contributed by atoms with E-state index in [0.717, 1.165) is 24.5 Å². The highest BCUT2D eigenvalue weighted by atomic mass is 35.5. The van der Waals surface area contributed by atoms with Crippen LogP contribution in [0.25, 0.3) is 0 Å². The first kappa shape index (κ1) is 32.3. The highest BCUT2D eigenvalue weighted by Crippen LogP contribution is 2.31. The van der Waals surface area contributed by atoms with Crippen LogP contribution in [-0.2, 0) is 12.6 Å². The van der Waals surface area contributed by atoms with E-state index >= 15 is 0 Å². The number of hydrogen-bond donors (Lipinski definition) is 1. The fourth-order valence-corrected chi connectivity index (χ4v) is 4.48. The molecule has 1 atom stereocenters. The molecule has 0 saturated heterocycles. The first-order chi connectivity index (χ1) is 15.1. The zero-order valence-electron chi connectivity index (χ0n) is 21.3. The second kappa shape index (κ2) is 17.7. The molecule has 0 aliphatic rings. The number of nitrogens with two attached hydrogens (primary N) is 1. The van der Waals surface area contributed by atoms with E-state index in [1.807, 2.05) is 13.8 Å². The van der Waals surface area contributed by atoms with Crippen LogP contribution in [0.15, 0.2) is 24.3 Å². The third-order valence-electron chi connectivity index (χ3n) is 6.69. The van der Waals surface area contributed by atoms with E-state index in [9.17, 15) is 13.2 Å². The van der Waals surface area contributed by atoms with Gasteiger partial charge in [0, 0.05) is 5.54 Å². The van der Waals surface area contributed by atoms with Crippen LogP contribution in [0.3, 0.4) is 0 Å². The minimum atomic E-state index is -4.29. The van der Waals surface area contributed by atoms with Crippen molar-refractivity contribution in [3.8, 4) is 0 Å². The lowest BCUT2D eigenvalue weighted by molar-refractivity contribution is -0.137. The molecule has 0 radical (unpaired) electrons. The fraction of sp³-hybridized carbons (Fsp3) is 0.786. The summed E-state index contributed by atoms with van der Waals surface area (Å²) in [6.07, 6.45) is 15.8. The van der Waals surface area contributed by atoms with Crippen LogP contribution in [0.4, 0.5) is 13.2 Å². The molecule has 1 aromatic carbocycles. The lowest BCUT2D eigenvalue weighted by Gasteiger charge is -2.31. The van der Waals surface area contributed by atoms with E-state index in [4.69, 9.17) is 5.73 Å². The summed E-state index contributed by atoms with van der Waals surface area (Å²) >= 11 is 0. The molecular weight excluding hydrogens is 443 g/mol. The Morgan fingerprint density at radius 3 is 1.64 bits per heavy atom. The summed E-state index contributed by atoms with van der Waals surface area (Å²) in [6.45, 7) is 6.25. The number of rotatable bonds is 18. The summed E-state index contributed by atoms with van der Waals surface area (Å²) in [4.78, 5) is 0. The van der Waals surface area contributed by atoms with E-state index in [-0.39, 0.29) is 18.3 Å². The number of unbranched alkanes of at least 4 members (excludes halogenated alkanes) is 13. The summed E-state index contributed by atoms with van der Waals surface area (Å²) in [5.41, 5.74) is 6.15. The predicted octanol–water partition coefficient (Wildman–Crippen LogP) is 9.89. The minimum absolute atomic E-state index is 0. The Balaban J connectivity index is 0.0000102. The molecule has 0 amide bonds. The van der Waals surface area contributed by atoms with Gasteiger partial charge in [0.2, 0.25) is 0 Å². The Labute approximate surface area is 207 Å². The number of halogens is 4. The molecule has 0 aliphatic heterocycles. The summed E-state index contributed by atoms with van der Waals surface area (Å²) in [7, 11) is 0. The van der Waals surface area contributed by atoms with Crippen LogP contribution in [0, 0.1) is 5.92 Å². The Bertz CT molecular complexity index is 596. The van der Waals surface area contributed by atoms with Crippen molar-refractivity contribution in [3.05, 3.63) is 35.4 Å². The van der Waals surface area contributed by atoms with Crippen molar-refractivity contribution in [1.29, 1.82) is 0 Å². The van der Waals surface area contributed by atoms with Crippen molar-refractivity contribution < 1.29 is 13.2 Å². The zero-order valence-corrected chi connectivity index (χ0v) is 22.1. The normalized spacial score (nSPS) is 13.1. The van der Waals surface area contributed by atoms with E-state index in [0.29, 0.717) is 6.42 Å². The molecular formula is C28H49ClF3N. The monoisotopic (exact) mass is 491 g/mol. The van der Waals surface area contributed by atoms with Crippen LogP contribution < -0.4 is 5.73 Å². The van der Waals surface area contributed by atoms with Crippen molar-refractivity contribution in [2.45, 2.75) is 135 Å². The Morgan fingerprint density at radius 2 is 1.21 bits per heavy atom. The molecule has 1 nitrogen and oxygen atoms in total. The average Bonchev–Trinajstić information content (AvgIpc) is 2.72. The minimum Gasteiger partial charge on any atom is -0.325 e. The Hall–Kier alpha value is -0.740. The van der Waals surface area contributed by atoms with Gasteiger partial charge in [-0.05, 0) is 44.2 Å². The molecule has 2 N–H and O–H groups in total. The van der Waals surface area contributed by atoms with E-state index in [1.54, 1.807) is 6.07 Å². The van der Waals surface area contributed by atoms with E-state index in [1.165, 1.54) is 95.6 Å². The summed E-state index contributed by atoms with van der Waals surface area (Å²) in [5.74, 6) is 0.184. The molecule has 1 rings (SSSR count). The molecule has 1 unspecified atom stereocenters. The van der Waals surface area contributed by atoms with Gasteiger partial charge in [0.05, 0.1) is 5.56 Å². The first-order valence-electron chi connectivity index (χ1n) is 13.1. The quantitative estimate of drug-likeness (QED) is 0.203. The van der Waals surface area contributed by atoms with Gasteiger partial charge in [0.15, 0.2) is 0 Å². The van der Waals surface area contributed by atoms with Gasteiger partial charge < -0.3 is 5.73 Å². The summed E-state index contributed by atoms with van der Waals surface area (Å²) in [5, 5.41) is 0. The summed E-state index contributed by atoms with van der Waals surface area (Å²) < 4.78 is 39.0. The maximum absolute atomic E-state index is 13.0. The Kier molecular flexibility index (Phi) is 17.3. The Morgan fingerprint density at radius 1 is 0.758 bits per heavy atom. The van der Waals surface area contributed by atoms with Gasteiger partial charge in [0.25, 0.3) is 0 Å². The molecule has 0 heterocycles. The topological polar surface area (TPSA) is 26.0 Å². The molecule has 33 heavy (non-hydrogen) atoms. The highest BCUT2D eigenvalue weighted by Gasteiger charge is 2.31. The summed E-state index contributed by atoms with van der Waals surface area (Å²) in [6, 6.07) is 5.72. The molecule has 194 valence electrons. The molecule has 0 saturated carbocycles. The highest BCUT2D eigenvalue weighted by molar-refractivity contribution is 5.85. The lowest BCUT2D eigenvalue weighted by atomic mass is 9.80. The van der Waals surface area contributed by atoms with Gasteiger partial charge in [0.1, 0.15) is 0 Å². The molecule has 5 heteroatoms. The van der Waals surface area contributed by atoms with Gasteiger partial charge in [-0.3, -0.25) is 0 Å². The van der Waals surface area contributed by atoms with E-state index in [2.05, 4.69) is 6.92 Å². The maximum atomic E-state index is 13.0. The standard InChI is InChI=1S/C28H48F3N.ClH/c1-4-5-6-7-8-9-10-11-12-13-14-15-16-17-20-25(27(2,3)32)22-24-19-18-21-26(23-24)28(29,30)31;/h18-19,21,23,25H,4-17,20,22,32H2,1-3H3;1H. The predicted molar refractivity (Wildman–Crippen MR) is 139 cm³/mol. The lowest BCUT2D eigenvalue weighted by Crippen LogP contribution is -2.42. The third kappa shape index (κ3) is 15.7. The first-order valence-corrected chi connectivity index (χ1v) is 13.1. The van der Waals surface area contributed by atoms with Gasteiger partial charge in [-0.2, -0.15) is 13.2 Å². The van der Waals surface area contributed by atoms with Crippen molar-refractivity contribution >= 4 is 12.4 Å². The molecule has 0 spiro atoms. The third-order valence-corrected chi connectivity index (χ3v) is 6.69. The van der Waals surface area contributed by atoms with Crippen molar-refractivity contribution in [1.82, 2.24) is 0 Å². The zero-order chi connectivity index (χ0) is 23.9. The van der Waals surface area contributed by atoms with Crippen LogP contribution in [-0.4, -0.2) is 5.54 Å². The molecule has 0 bridgehead atoms. The number of hydrogen-bond acceptors (Lipinski definition) is 1. The van der Waals surface area contributed by atoms with E-state index < -0.39 is 17.3 Å². The molecule has 0 fully saturated rings. The number of alkyl halides is 3. The van der Waals surface area contributed by atoms with Gasteiger partial charge in [-0.1, -0.05) is 115 Å². The van der Waals surface area contributed by atoms with Gasteiger partial charge in [-0.25, -0.2) is 0 Å². The van der Waals surface area contributed by atoms with Crippen LogP contribution in [0.2, 0.25) is 0 Å². The van der Waals surface area contributed by atoms with Crippen LogP contribution in [0.5, 0.6) is 0 Å². The smallest absolute Gasteiger partial charge is 0.325 e. The van der Waals surface area contributed by atoms with Crippen molar-refractivity contribution in [2.24, 2.45) is 11.7 Å².